The van der Waals surface area contributed by atoms with Crippen LogP contribution in [0.2, 0.25) is 0 Å². The largest absolute Gasteiger partial charge is 0.352 e. The molecule has 0 aliphatic rings. The smallest absolute Gasteiger partial charge is 0.257 e. The number of thiazole rings is 1. The fraction of sp³-hybridized carbons (Fsp3) is 0.400. The average Bonchev–Trinajstić information content (AvgIpc) is 3.28. The van der Waals surface area contributed by atoms with Crippen LogP contribution < -0.4 is 10.6 Å². The highest BCUT2D eigenvalue weighted by Crippen LogP contribution is 2.19. The van der Waals surface area contributed by atoms with E-state index in [2.05, 4.69) is 49.8 Å². The predicted molar refractivity (Wildman–Crippen MR) is 112 cm³/mol. The Morgan fingerprint density at radius 3 is 2.71 bits per heavy atom. The molecule has 0 aliphatic heterocycles. The number of nitrogens with one attached hydrogen (secondary N) is 2. The van der Waals surface area contributed by atoms with Gasteiger partial charge in [-0.1, -0.05) is 24.2 Å². The topological polar surface area (TPSA) is 88.2 Å². The third-order valence-electron chi connectivity index (χ3n) is 4.22. The number of rotatable bonds is 7. The number of hydrogen-bond donors (Lipinski definition) is 2. The van der Waals surface area contributed by atoms with E-state index in [9.17, 15) is 0 Å². The van der Waals surface area contributed by atoms with Crippen LogP contribution in [0.4, 0.5) is 0 Å². The van der Waals surface area contributed by atoms with E-state index in [1.165, 1.54) is 4.88 Å². The summed E-state index contributed by atoms with van der Waals surface area (Å²) in [6, 6.07) is 8.09. The van der Waals surface area contributed by atoms with Crippen molar-refractivity contribution in [3.8, 4) is 11.5 Å². The second kappa shape index (κ2) is 9.45. The fourth-order valence-electron chi connectivity index (χ4n) is 2.82. The molecule has 2 heterocycles. The summed E-state index contributed by atoms with van der Waals surface area (Å²) in [5.41, 5.74) is 3.11. The summed E-state index contributed by atoms with van der Waals surface area (Å²) in [4.78, 5) is 14.4. The number of benzene rings is 1. The molecule has 3 rings (SSSR count). The van der Waals surface area contributed by atoms with Crippen LogP contribution in [-0.4, -0.2) is 28.1 Å². The molecular weight excluding hydrogens is 372 g/mol. The summed E-state index contributed by atoms with van der Waals surface area (Å²) in [6.07, 6.45) is 1.82. The average molecular weight is 399 g/mol. The SMILES string of the molecule is CCCc1noc(-c2cccc(CNC(=NC)NCc3sc(C)nc3C)c2)n1. The maximum Gasteiger partial charge on any atom is 0.257 e. The summed E-state index contributed by atoms with van der Waals surface area (Å²) >= 11 is 1.71. The fourth-order valence-corrected chi connectivity index (χ4v) is 3.70. The highest BCUT2D eigenvalue weighted by Gasteiger charge is 2.09. The number of nitrogens with zero attached hydrogens (tertiary/aromatic N) is 4. The minimum Gasteiger partial charge on any atom is -0.352 e. The number of guanidine groups is 1. The molecule has 0 spiro atoms. The first-order valence-corrected chi connectivity index (χ1v) is 10.2. The minimum atomic E-state index is 0.559. The molecule has 0 saturated heterocycles. The third-order valence-corrected chi connectivity index (χ3v) is 5.29. The van der Waals surface area contributed by atoms with E-state index in [1.807, 2.05) is 26.0 Å². The van der Waals surface area contributed by atoms with Crippen molar-refractivity contribution in [3.05, 3.63) is 51.2 Å². The molecule has 0 aliphatic carbocycles. The van der Waals surface area contributed by atoms with Gasteiger partial charge in [0.15, 0.2) is 11.8 Å². The first-order chi connectivity index (χ1) is 13.6. The maximum absolute atomic E-state index is 5.38. The molecule has 1 aromatic carbocycles. The Morgan fingerprint density at radius 2 is 2.00 bits per heavy atom. The standard InChI is InChI=1S/C20H26N6OS/c1-5-7-18-25-19(27-26-18)16-9-6-8-15(10-16)11-22-20(21-4)23-12-17-13(2)24-14(3)28-17/h6,8-10H,5,7,11-12H2,1-4H3,(H2,21,22,23). The van der Waals surface area contributed by atoms with Crippen molar-refractivity contribution in [1.82, 2.24) is 25.8 Å². The van der Waals surface area contributed by atoms with Crippen molar-refractivity contribution in [2.75, 3.05) is 7.05 Å². The molecule has 0 unspecified atom stereocenters. The third kappa shape index (κ3) is 5.16. The van der Waals surface area contributed by atoms with Crippen LogP contribution in [0.3, 0.4) is 0 Å². The first-order valence-electron chi connectivity index (χ1n) is 9.38. The van der Waals surface area contributed by atoms with Crippen LogP contribution in [0.15, 0.2) is 33.8 Å². The number of aromatic nitrogens is 3. The van der Waals surface area contributed by atoms with E-state index in [-0.39, 0.29) is 0 Å². The van der Waals surface area contributed by atoms with E-state index in [1.54, 1.807) is 18.4 Å². The Morgan fingerprint density at radius 1 is 1.18 bits per heavy atom. The zero-order valence-corrected chi connectivity index (χ0v) is 17.6. The van der Waals surface area contributed by atoms with Crippen molar-refractivity contribution in [2.45, 2.75) is 46.7 Å². The lowest BCUT2D eigenvalue weighted by atomic mass is 10.1. The summed E-state index contributed by atoms with van der Waals surface area (Å²) in [7, 11) is 1.77. The second-order valence-electron chi connectivity index (χ2n) is 6.49. The van der Waals surface area contributed by atoms with Crippen LogP contribution in [0.5, 0.6) is 0 Å². The number of aryl methyl sites for hydroxylation is 3. The van der Waals surface area contributed by atoms with Gasteiger partial charge in [-0.2, -0.15) is 4.98 Å². The normalized spacial score (nSPS) is 11.6. The van der Waals surface area contributed by atoms with Crippen molar-refractivity contribution in [3.63, 3.8) is 0 Å². The van der Waals surface area contributed by atoms with E-state index >= 15 is 0 Å². The molecule has 0 fully saturated rings. The highest BCUT2D eigenvalue weighted by molar-refractivity contribution is 7.11. The van der Waals surface area contributed by atoms with Crippen molar-refractivity contribution >= 4 is 17.3 Å². The van der Waals surface area contributed by atoms with Gasteiger partial charge < -0.3 is 15.2 Å². The van der Waals surface area contributed by atoms with Gasteiger partial charge in [0.1, 0.15) is 0 Å². The van der Waals surface area contributed by atoms with Crippen LogP contribution in [0.1, 0.15) is 40.3 Å². The van der Waals surface area contributed by atoms with Gasteiger partial charge in [0.25, 0.3) is 5.89 Å². The Balaban J connectivity index is 1.59. The monoisotopic (exact) mass is 398 g/mol. The predicted octanol–water partition coefficient (Wildman–Crippen LogP) is 3.63. The minimum absolute atomic E-state index is 0.559. The molecule has 2 N–H and O–H groups in total. The molecule has 28 heavy (non-hydrogen) atoms. The summed E-state index contributed by atoms with van der Waals surface area (Å²) < 4.78 is 5.38. The Kier molecular flexibility index (Phi) is 6.76. The van der Waals surface area contributed by atoms with Gasteiger partial charge in [-0.3, -0.25) is 4.99 Å². The van der Waals surface area contributed by atoms with Gasteiger partial charge in [-0.15, -0.1) is 11.3 Å². The summed E-state index contributed by atoms with van der Waals surface area (Å²) in [5, 5.41) is 11.8. The molecule has 0 bridgehead atoms. The molecule has 0 amide bonds. The van der Waals surface area contributed by atoms with Crippen LogP contribution in [-0.2, 0) is 19.5 Å². The van der Waals surface area contributed by atoms with Crippen LogP contribution >= 0.6 is 11.3 Å². The molecule has 3 aromatic rings. The Hall–Kier alpha value is -2.74. The van der Waals surface area contributed by atoms with Gasteiger partial charge >= 0.3 is 0 Å². The highest BCUT2D eigenvalue weighted by atomic mass is 32.1. The molecule has 7 nitrogen and oxygen atoms in total. The summed E-state index contributed by atoms with van der Waals surface area (Å²) in [6.45, 7) is 7.51. The van der Waals surface area contributed by atoms with E-state index < -0.39 is 0 Å². The van der Waals surface area contributed by atoms with Gasteiger partial charge in [0.05, 0.1) is 17.2 Å². The van der Waals surface area contributed by atoms with E-state index in [0.29, 0.717) is 19.0 Å². The van der Waals surface area contributed by atoms with Crippen molar-refractivity contribution in [2.24, 2.45) is 4.99 Å². The molecule has 0 radical (unpaired) electrons. The van der Waals surface area contributed by atoms with Crippen LogP contribution in [0.25, 0.3) is 11.5 Å². The molecule has 2 aromatic heterocycles. The van der Waals surface area contributed by atoms with Crippen molar-refractivity contribution < 1.29 is 4.52 Å². The van der Waals surface area contributed by atoms with Gasteiger partial charge in [-0.25, -0.2) is 4.98 Å². The molecule has 148 valence electrons. The molecule has 8 heteroatoms. The van der Waals surface area contributed by atoms with Gasteiger partial charge in [0, 0.05) is 30.5 Å². The second-order valence-corrected chi connectivity index (χ2v) is 7.77. The lowest BCUT2D eigenvalue weighted by Gasteiger charge is -2.12. The quantitative estimate of drug-likeness (QED) is 0.467. The zero-order valence-electron chi connectivity index (χ0n) is 16.7. The Bertz CT molecular complexity index is 946. The van der Waals surface area contributed by atoms with Crippen molar-refractivity contribution in [1.29, 1.82) is 0 Å². The Labute approximate surface area is 169 Å². The number of hydrogen-bond acceptors (Lipinski definition) is 6. The molecule has 0 saturated carbocycles. The maximum atomic E-state index is 5.38. The van der Waals surface area contributed by atoms with E-state index in [4.69, 9.17) is 4.52 Å². The van der Waals surface area contributed by atoms with Gasteiger partial charge in [-0.05, 0) is 38.0 Å². The van der Waals surface area contributed by atoms with Gasteiger partial charge in [0.2, 0.25) is 0 Å². The first kappa shape index (κ1) is 20.0. The molecular formula is C20H26N6OS. The zero-order chi connectivity index (χ0) is 19.9. The van der Waals surface area contributed by atoms with E-state index in [0.717, 1.165) is 46.5 Å². The molecule has 0 atom stereocenters. The summed E-state index contributed by atoms with van der Waals surface area (Å²) in [5.74, 6) is 2.06. The lowest BCUT2D eigenvalue weighted by molar-refractivity contribution is 0.422. The number of aliphatic imine (C=N–C) groups is 1. The lowest BCUT2D eigenvalue weighted by Crippen LogP contribution is -2.36. The van der Waals surface area contributed by atoms with Crippen LogP contribution in [0, 0.1) is 13.8 Å².